The molecule has 0 saturated carbocycles. The van der Waals surface area contributed by atoms with Crippen LogP contribution in [0.3, 0.4) is 0 Å². The average Bonchev–Trinajstić information content (AvgIpc) is 2.96. The van der Waals surface area contributed by atoms with Crippen LogP contribution >= 0.6 is 0 Å². The Balaban J connectivity index is 1.67. The average molecular weight is 347 g/mol. The Kier molecular flexibility index (Phi) is 4.74. The van der Waals surface area contributed by atoms with Crippen molar-refractivity contribution in [1.29, 1.82) is 0 Å². The summed E-state index contributed by atoms with van der Waals surface area (Å²) in [7, 11) is 0. The fourth-order valence-electron chi connectivity index (χ4n) is 3.53. The van der Waals surface area contributed by atoms with E-state index in [-0.39, 0.29) is 23.5 Å². The Morgan fingerprint density at radius 1 is 1.08 bits per heavy atom. The molecule has 2 saturated heterocycles. The van der Waals surface area contributed by atoms with Crippen LogP contribution in [0.1, 0.15) is 18.9 Å². The van der Waals surface area contributed by atoms with Crippen LogP contribution in [0.2, 0.25) is 0 Å². The third-order valence-corrected chi connectivity index (χ3v) is 4.99. The smallest absolute Gasteiger partial charge is 0.239 e. The monoisotopic (exact) mass is 347 g/mol. The van der Waals surface area contributed by atoms with Crippen molar-refractivity contribution in [1.82, 2.24) is 9.80 Å². The maximum atomic E-state index is 13.3. The molecule has 2 fully saturated rings. The van der Waals surface area contributed by atoms with Crippen molar-refractivity contribution in [2.45, 2.75) is 20.3 Å². The summed E-state index contributed by atoms with van der Waals surface area (Å²) < 4.78 is 13.3. The molecule has 1 aromatic rings. The molecule has 0 aliphatic carbocycles. The van der Waals surface area contributed by atoms with Crippen LogP contribution in [-0.2, 0) is 14.4 Å². The minimum atomic E-state index is -0.687. The molecule has 2 heterocycles. The highest BCUT2D eigenvalue weighted by Crippen LogP contribution is 2.29. The Labute approximate surface area is 146 Å². The van der Waals surface area contributed by atoms with E-state index in [1.54, 1.807) is 27.7 Å². The lowest BCUT2D eigenvalue weighted by atomic mass is 10.1. The molecule has 3 rings (SSSR count). The van der Waals surface area contributed by atoms with Gasteiger partial charge in [-0.25, -0.2) is 4.39 Å². The van der Waals surface area contributed by atoms with Gasteiger partial charge in [-0.3, -0.25) is 14.4 Å². The van der Waals surface area contributed by atoms with Crippen molar-refractivity contribution in [3.8, 4) is 0 Å². The van der Waals surface area contributed by atoms with Gasteiger partial charge in [0.2, 0.25) is 17.7 Å². The first-order valence-electron chi connectivity index (χ1n) is 8.50. The minimum Gasteiger partial charge on any atom is -0.339 e. The summed E-state index contributed by atoms with van der Waals surface area (Å²) in [5.74, 6) is -1.43. The van der Waals surface area contributed by atoms with Gasteiger partial charge in [0.15, 0.2) is 0 Å². The molecule has 2 aliphatic rings. The van der Waals surface area contributed by atoms with E-state index in [0.29, 0.717) is 50.4 Å². The van der Waals surface area contributed by atoms with Gasteiger partial charge in [0.05, 0.1) is 0 Å². The van der Waals surface area contributed by atoms with Gasteiger partial charge < -0.3 is 14.7 Å². The number of benzene rings is 1. The van der Waals surface area contributed by atoms with Crippen LogP contribution in [-0.4, -0.2) is 60.2 Å². The number of amides is 3. The zero-order valence-corrected chi connectivity index (χ0v) is 14.5. The zero-order chi connectivity index (χ0) is 18.1. The Bertz CT molecular complexity index is 714. The molecule has 6 nitrogen and oxygen atoms in total. The molecule has 1 atom stereocenters. The van der Waals surface area contributed by atoms with E-state index in [4.69, 9.17) is 0 Å². The molecular formula is C18H22FN3O3. The number of carbonyl (C=O) groups is 3. The normalized spacial score (nSPS) is 21.0. The van der Waals surface area contributed by atoms with Crippen molar-refractivity contribution < 1.29 is 18.8 Å². The van der Waals surface area contributed by atoms with Gasteiger partial charge in [0.1, 0.15) is 11.7 Å². The molecule has 2 aliphatic heterocycles. The third-order valence-electron chi connectivity index (χ3n) is 4.99. The molecule has 0 N–H and O–H groups in total. The van der Waals surface area contributed by atoms with Gasteiger partial charge in [0, 0.05) is 45.3 Å². The third kappa shape index (κ3) is 3.36. The van der Waals surface area contributed by atoms with Crippen LogP contribution in [0.25, 0.3) is 0 Å². The highest BCUT2D eigenvalue weighted by Gasteiger charge is 2.40. The van der Waals surface area contributed by atoms with Gasteiger partial charge >= 0.3 is 0 Å². The fraction of sp³-hybridized carbons (Fsp3) is 0.500. The van der Waals surface area contributed by atoms with Gasteiger partial charge in [-0.2, -0.15) is 0 Å². The van der Waals surface area contributed by atoms with Gasteiger partial charge in [-0.1, -0.05) is 0 Å². The highest BCUT2D eigenvalue weighted by atomic mass is 19.1. The number of nitrogens with zero attached hydrogens (tertiary/aromatic N) is 3. The molecular weight excluding hydrogens is 325 g/mol. The van der Waals surface area contributed by atoms with Crippen molar-refractivity contribution >= 4 is 23.4 Å². The van der Waals surface area contributed by atoms with Crippen LogP contribution in [0, 0.1) is 18.7 Å². The lowest BCUT2D eigenvalue weighted by Crippen LogP contribution is -2.52. The number of piperazine rings is 1. The van der Waals surface area contributed by atoms with Gasteiger partial charge in [-0.15, -0.1) is 0 Å². The number of anilines is 1. The van der Waals surface area contributed by atoms with E-state index in [0.717, 1.165) is 0 Å². The topological polar surface area (TPSA) is 60.9 Å². The SMILES string of the molecule is CC(=O)N1CCN(C(=O)C2CCN(c3ccc(F)cc3C)C2=O)CC1. The van der Waals surface area contributed by atoms with Crippen LogP contribution in [0.15, 0.2) is 18.2 Å². The summed E-state index contributed by atoms with van der Waals surface area (Å²) >= 11 is 0. The van der Waals surface area contributed by atoms with Crippen molar-refractivity contribution in [2.75, 3.05) is 37.6 Å². The molecule has 0 aromatic heterocycles. The number of rotatable bonds is 2. The number of hydrogen-bond donors (Lipinski definition) is 0. The standard InChI is InChI=1S/C18H22FN3O3/c1-12-11-14(19)3-4-16(12)22-6-5-15(18(22)25)17(24)21-9-7-20(8-10-21)13(2)23/h3-4,11,15H,5-10H2,1-2H3. The summed E-state index contributed by atoms with van der Waals surface area (Å²) in [6, 6.07) is 4.30. The number of halogens is 1. The second-order valence-corrected chi connectivity index (χ2v) is 6.59. The summed E-state index contributed by atoms with van der Waals surface area (Å²) in [5.41, 5.74) is 1.33. The molecule has 1 unspecified atom stereocenters. The molecule has 3 amide bonds. The lowest BCUT2D eigenvalue weighted by Gasteiger charge is -2.35. The Morgan fingerprint density at radius 2 is 1.72 bits per heavy atom. The summed E-state index contributed by atoms with van der Waals surface area (Å²) in [5, 5.41) is 0. The van der Waals surface area contributed by atoms with Crippen LogP contribution < -0.4 is 4.90 Å². The molecule has 0 bridgehead atoms. The maximum Gasteiger partial charge on any atom is 0.239 e. The molecule has 25 heavy (non-hydrogen) atoms. The molecule has 0 spiro atoms. The van der Waals surface area contributed by atoms with Crippen molar-refractivity contribution in [3.63, 3.8) is 0 Å². The highest BCUT2D eigenvalue weighted by molar-refractivity contribution is 6.09. The summed E-state index contributed by atoms with van der Waals surface area (Å²) in [6.07, 6.45) is 0.460. The van der Waals surface area contributed by atoms with E-state index in [2.05, 4.69) is 0 Å². The Morgan fingerprint density at radius 3 is 2.32 bits per heavy atom. The maximum absolute atomic E-state index is 13.3. The number of hydrogen-bond acceptors (Lipinski definition) is 3. The van der Waals surface area contributed by atoms with Gasteiger partial charge in [0.25, 0.3) is 0 Å². The van der Waals surface area contributed by atoms with Crippen LogP contribution in [0.4, 0.5) is 10.1 Å². The number of aryl methyl sites for hydroxylation is 1. The molecule has 1 aromatic carbocycles. The fourth-order valence-corrected chi connectivity index (χ4v) is 3.53. The molecule has 7 heteroatoms. The zero-order valence-electron chi connectivity index (χ0n) is 14.5. The van der Waals surface area contributed by atoms with Crippen LogP contribution in [0.5, 0.6) is 0 Å². The summed E-state index contributed by atoms with van der Waals surface area (Å²) in [6.45, 7) is 5.64. The lowest BCUT2D eigenvalue weighted by molar-refractivity contribution is -0.144. The molecule has 134 valence electrons. The second-order valence-electron chi connectivity index (χ2n) is 6.59. The predicted molar refractivity (Wildman–Crippen MR) is 90.4 cm³/mol. The van der Waals surface area contributed by atoms with E-state index in [1.165, 1.54) is 19.1 Å². The van der Waals surface area contributed by atoms with E-state index in [9.17, 15) is 18.8 Å². The van der Waals surface area contributed by atoms with Gasteiger partial charge in [-0.05, 0) is 37.1 Å². The number of carbonyl (C=O) groups excluding carboxylic acids is 3. The second kappa shape index (κ2) is 6.82. The van der Waals surface area contributed by atoms with E-state index < -0.39 is 5.92 Å². The van der Waals surface area contributed by atoms with Crippen molar-refractivity contribution in [2.24, 2.45) is 5.92 Å². The first-order chi connectivity index (χ1) is 11.9. The molecule has 0 radical (unpaired) electrons. The predicted octanol–water partition coefficient (Wildman–Crippen LogP) is 1.18. The summed E-state index contributed by atoms with van der Waals surface area (Å²) in [4.78, 5) is 41.8. The quantitative estimate of drug-likeness (QED) is 0.755. The largest absolute Gasteiger partial charge is 0.339 e. The van der Waals surface area contributed by atoms with Crippen molar-refractivity contribution in [3.05, 3.63) is 29.6 Å². The minimum absolute atomic E-state index is 0.00185. The van der Waals surface area contributed by atoms with E-state index in [1.807, 2.05) is 0 Å². The van der Waals surface area contributed by atoms with E-state index >= 15 is 0 Å². The first kappa shape index (κ1) is 17.4. The Hall–Kier alpha value is -2.44. The first-order valence-corrected chi connectivity index (χ1v) is 8.50.